The van der Waals surface area contributed by atoms with Gasteiger partial charge in [-0.2, -0.15) is 0 Å². The summed E-state index contributed by atoms with van der Waals surface area (Å²) in [6.07, 6.45) is 3.87. The van der Waals surface area contributed by atoms with Crippen molar-refractivity contribution < 1.29 is 4.79 Å². The fraction of sp³-hybridized carbons (Fsp3) is 0.444. The predicted octanol–water partition coefficient (Wildman–Crippen LogP) is -0.0996. The molecule has 2 unspecified atom stereocenters. The molecule has 1 aromatic rings. The van der Waals surface area contributed by atoms with Crippen LogP contribution in [-0.2, 0) is 0 Å². The van der Waals surface area contributed by atoms with Gasteiger partial charge in [0.25, 0.3) is 5.91 Å². The molecule has 2 rings (SSSR count). The van der Waals surface area contributed by atoms with Gasteiger partial charge in [0.1, 0.15) is 5.69 Å². The van der Waals surface area contributed by atoms with Crippen molar-refractivity contribution in [1.29, 1.82) is 0 Å². The number of rotatable bonds is 3. The van der Waals surface area contributed by atoms with E-state index in [1.807, 2.05) is 0 Å². The molecule has 0 spiro atoms. The van der Waals surface area contributed by atoms with Crippen LogP contribution >= 0.6 is 0 Å². The molecular formula is C9H13N5O. The summed E-state index contributed by atoms with van der Waals surface area (Å²) in [6.45, 7) is 2.10. The zero-order valence-electron chi connectivity index (χ0n) is 8.40. The first-order chi connectivity index (χ1) is 7.20. The Kier molecular flexibility index (Phi) is 2.51. The summed E-state index contributed by atoms with van der Waals surface area (Å²) in [4.78, 5) is 19.4. The number of carbonyl (C=O) groups is 1. The van der Waals surface area contributed by atoms with E-state index in [2.05, 4.69) is 27.6 Å². The summed E-state index contributed by atoms with van der Waals surface area (Å²) in [5.41, 5.74) is 2.66. The van der Waals surface area contributed by atoms with Gasteiger partial charge in [-0.1, -0.05) is 6.92 Å². The van der Waals surface area contributed by atoms with Gasteiger partial charge in [0.2, 0.25) is 0 Å². The van der Waals surface area contributed by atoms with Gasteiger partial charge < -0.3 is 10.7 Å². The topological polar surface area (TPSA) is 92.9 Å². The van der Waals surface area contributed by atoms with Crippen molar-refractivity contribution in [3.8, 4) is 0 Å². The second-order valence-corrected chi connectivity index (χ2v) is 3.72. The van der Waals surface area contributed by atoms with Gasteiger partial charge in [-0.15, -0.1) is 0 Å². The van der Waals surface area contributed by atoms with Gasteiger partial charge in [0.15, 0.2) is 5.82 Å². The number of hydrazine groups is 1. The fourth-order valence-electron chi connectivity index (χ4n) is 1.29. The number of carbonyl (C=O) groups excluding carboxylic acids is 1. The summed E-state index contributed by atoms with van der Waals surface area (Å²) in [5, 5.41) is 2.86. The van der Waals surface area contributed by atoms with E-state index in [1.165, 1.54) is 12.4 Å². The molecule has 1 aliphatic rings. The Balaban J connectivity index is 1.99. The molecule has 0 bridgehead atoms. The maximum atomic E-state index is 11.6. The van der Waals surface area contributed by atoms with Crippen LogP contribution in [0.5, 0.6) is 0 Å². The Labute approximate surface area is 87.3 Å². The van der Waals surface area contributed by atoms with Gasteiger partial charge >= 0.3 is 0 Å². The molecule has 0 aromatic carbocycles. The Morgan fingerprint density at radius 3 is 2.73 bits per heavy atom. The van der Waals surface area contributed by atoms with Gasteiger partial charge in [-0.3, -0.25) is 4.79 Å². The highest BCUT2D eigenvalue weighted by Gasteiger charge is 2.34. The minimum atomic E-state index is -0.180. The Bertz CT molecular complexity index is 363. The maximum absolute atomic E-state index is 11.6. The predicted molar refractivity (Wildman–Crippen MR) is 54.9 cm³/mol. The molecule has 15 heavy (non-hydrogen) atoms. The number of amides is 1. The fourth-order valence-corrected chi connectivity index (χ4v) is 1.29. The molecule has 0 radical (unpaired) electrons. The second kappa shape index (κ2) is 3.82. The normalized spacial score (nSPS) is 23.3. The van der Waals surface area contributed by atoms with E-state index in [1.54, 1.807) is 0 Å². The van der Waals surface area contributed by atoms with Crippen LogP contribution in [0.25, 0.3) is 0 Å². The first-order valence-electron chi connectivity index (χ1n) is 4.80. The van der Waals surface area contributed by atoms with Crippen LogP contribution in [0.3, 0.4) is 0 Å². The number of anilines is 1. The maximum Gasteiger partial charge on any atom is 0.271 e. The molecule has 2 atom stereocenters. The molecule has 4 N–H and O–H groups in total. The van der Waals surface area contributed by atoms with Crippen LogP contribution in [0, 0.1) is 5.92 Å². The number of aromatic nitrogens is 2. The molecule has 80 valence electrons. The van der Waals surface area contributed by atoms with Crippen molar-refractivity contribution in [1.82, 2.24) is 15.3 Å². The van der Waals surface area contributed by atoms with Crippen molar-refractivity contribution in [2.24, 2.45) is 11.8 Å². The lowest BCUT2D eigenvalue weighted by molar-refractivity contribution is 0.0944. The molecule has 1 heterocycles. The zero-order chi connectivity index (χ0) is 10.8. The van der Waals surface area contributed by atoms with Crippen molar-refractivity contribution in [3.63, 3.8) is 0 Å². The molecule has 6 heteroatoms. The minimum absolute atomic E-state index is 0.180. The molecule has 6 nitrogen and oxygen atoms in total. The molecule has 0 saturated heterocycles. The van der Waals surface area contributed by atoms with Crippen molar-refractivity contribution in [2.75, 3.05) is 5.43 Å². The molecule has 0 aliphatic heterocycles. The van der Waals surface area contributed by atoms with E-state index in [0.29, 0.717) is 23.5 Å². The molecule has 1 aromatic heterocycles. The first kappa shape index (κ1) is 9.85. The Morgan fingerprint density at radius 2 is 2.27 bits per heavy atom. The monoisotopic (exact) mass is 207 g/mol. The van der Waals surface area contributed by atoms with Crippen LogP contribution in [0.4, 0.5) is 5.82 Å². The standard InChI is InChI=1S/C9H13N5O/c1-5-2-6(5)13-9(15)7-3-12-8(14-10)4-11-7/h3-6H,2,10H2,1H3,(H,12,14)(H,13,15). The molecule has 1 saturated carbocycles. The quantitative estimate of drug-likeness (QED) is 0.475. The number of hydrogen-bond donors (Lipinski definition) is 3. The first-order valence-corrected chi connectivity index (χ1v) is 4.80. The largest absolute Gasteiger partial charge is 0.348 e. The summed E-state index contributed by atoms with van der Waals surface area (Å²) in [6, 6.07) is 0.298. The van der Waals surface area contributed by atoms with Gasteiger partial charge in [0.05, 0.1) is 12.4 Å². The summed E-state index contributed by atoms with van der Waals surface area (Å²) in [5.74, 6) is 5.96. The highest BCUT2D eigenvalue weighted by molar-refractivity contribution is 5.92. The summed E-state index contributed by atoms with van der Waals surface area (Å²) >= 11 is 0. The number of nitrogens with two attached hydrogens (primary N) is 1. The van der Waals surface area contributed by atoms with Crippen molar-refractivity contribution in [2.45, 2.75) is 19.4 Å². The second-order valence-electron chi connectivity index (χ2n) is 3.72. The lowest BCUT2D eigenvalue weighted by atomic mass is 10.4. The van der Waals surface area contributed by atoms with E-state index in [-0.39, 0.29) is 5.91 Å². The molecule has 1 fully saturated rings. The van der Waals surface area contributed by atoms with Gasteiger partial charge in [0, 0.05) is 6.04 Å². The van der Waals surface area contributed by atoms with Crippen LogP contribution in [0.1, 0.15) is 23.8 Å². The molecule has 1 amide bonds. The molecular weight excluding hydrogens is 194 g/mol. The Morgan fingerprint density at radius 1 is 1.53 bits per heavy atom. The number of hydrogen-bond acceptors (Lipinski definition) is 5. The Hall–Kier alpha value is -1.69. The summed E-state index contributed by atoms with van der Waals surface area (Å²) in [7, 11) is 0. The lowest BCUT2D eigenvalue weighted by Gasteiger charge is -2.03. The van der Waals surface area contributed by atoms with Crippen molar-refractivity contribution in [3.05, 3.63) is 18.1 Å². The number of nitrogens with zero attached hydrogens (tertiary/aromatic N) is 2. The van der Waals surface area contributed by atoms with E-state index in [9.17, 15) is 4.79 Å². The third-order valence-electron chi connectivity index (χ3n) is 2.46. The van der Waals surface area contributed by atoms with Crippen molar-refractivity contribution >= 4 is 11.7 Å². The third-order valence-corrected chi connectivity index (χ3v) is 2.46. The van der Waals surface area contributed by atoms with E-state index < -0.39 is 0 Å². The highest BCUT2D eigenvalue weighted by atomic mass is 16.2. The number of nitrogen functional groups attached to an aromatic ring is 1. The van der Waals surface area contributed by atoms with Crippen LogP contribution in [-0.4, -0.2) is 21.9 Å². The van der Waals surface area contributed by atoms with E-state index in [4.69, 9.17) is 5.84 Å². The van der Waals surface area contributed by atoms with E-state index in [0.717, 1.165) is 6.42 Å². The van der Waals surface area contributed by atoms with Gasteiger partial charge in [-0.05, 0) is 12.3 Å². The number of nitrogens with one attached hydrogen (secondary N) is 2. The SMILES string of the molecule is CC1CC1NC(=O)c1cnc(NN)cn1. The molecule has 1 aliphatic carbocycles. The van der Waals surface area contributed by atoms with Crippen LogP contribution in [0.2, 0.25) is 0 Å². The third kappa shape index (κ3) is 2.21. The minimum Gasteiger partial charge on any atom is -0.348 e. The zero-order valence-corrected chi connectivity index (χ0v) is 8.40. The van der Waals surface area contributed by atoms with Crippen LogP contribution < -0.4 is 16.6 Å². The van der Waals surface area contributed by atoms with Crippen LogP contribution in [0.15, 0.2) is 12.4 Å². The summed E-state index contributed by atoms with van der Waals surface area (Å²) < 4.78 is 0. The highest BCUT2D eigenvalue weighted by Crippen LogP contribution is 2.29. The average molecular weight is 207 g/mol. The lowest BCUT2D eigenvalue weighted by Crippen LogP contribution is -2.27. The van der Waals surface area contributed by atoms with Gasteiger partial charge in [-0.25, -0.2) is 15.8 Å². The average Bonchev–Trinajstić information content (AvgIpc) is 2.94. The smallest absolute Gasteiger partial charge is 0.271 e. The van der Waals surface area contributed by atoms with E-state index >= 15 is 0 Å².